The van der Waals surface area contributed by atoms with Gasteiger partial charge in [0.25, 0.3) is 0 Å². The minimum atomic E-state index is -0.283. The van der Waals surface area contributed by atoms with Gasteiger partial charge < -0.3 is 5.32 Å². The highest BCUT2D eigenvalue weighted by molar-refractivity contribution is 6.30. The smallest absolute Gasteiger partial charge is 0.131 e. The van der Waals surface area contributed by atoms with Gasteiger partial charge in [-0.15, -0.1) is 0 Å². The molecule has 0 spiro atoms. The van der Waals surface area contributed by atoms with E-state index < -0.39 is 0 Å². The zero-order chi connectivity index (χ0) is 11.3. The fraction of sp³-hybridized carbons (Fsp3) is 0.364. The van der Waals surface area contributed by atoms with Crippen molar-refractivity contribution in [1.82, 2.24) is 5.32 Å². The quantitative estimate of drug-likeness (QED) is 0.787. The Bertz CT molecular complexity index is 354. The molecule has 0 aliphatic rings. The lowest BCUT2D eigenvalue weighted by Gasteiger charge is -2.05. The standard InChI is InChI=1S/C11H13ClFNO/c1-8(15)4-5-14-7-9-6-10(12)2-3-11(9)13/h2-3,6,14H,4-5,7H2,1H3. The predicted octanol–water partition coefficient (Wildman–Crippen LogP) is 2.55. The van der Waals surface area contributed by atoms with E-state index >= 15 is 0 Å². The van der Waals surface area contributed by atoms with Crippen LogP contribution >= 0.6 is 11.6 Å². The van der Waals surface area contributed by atoms with E-state index in [2.05, 4.69) is 5.32 Å². The summed E-state index contributed by atoms with van der Waals surface area (Å²) < 4.78 is 13.2. The van der Waals surface area contributed by atoms with Crippen LogP contribution in [0.2, 0.25) is 5.02 Å². The Morgan fingerprint density at radius 2 is 2.27 bits per heavy atom. The molecule has 0 saturated heterocycles. The third-order valence-corrected chi connectivity index (χ3v) is 2.21. The maximum absolute atomic E-state index is 13.2. The van der Waals surface area contributed by atoms with Gasteiger partial charge in [-0.05, 0) is 25.1 Å². The van der Waals surface area contributed by atoms with Gasteiger partial charge in [-0.3, -0.25) is 4.79 Å². The number of ketones is 1. The lowest BCUT2D eigenvalue weighted by Crippen LogP contribution is -2.17. The molecule has 0 heterocycles. The van der Waals surface area contributed by atoms with Crippen molar-refractivity contribution in [3.63, 3.8) is 0 Å². The summed E-state index contributed by atoms with van der Waals surface area (Å²) in [6.07, 6.45) is 0.461. The summed E-state index contributed by atoms with van der Waals surface area (Å²) in [4.78, 5) is 10.6. The number of halogens is 2. The molecule has 15 heavy (non-hydrogen) atoms. The van der Waals surface area contributed by atoms with Crippen LogP contribution in [-0.2, 0) is 11.3 Å². The molecule has 4 heteroatoms. The largest absolute Gasteiger partial charge is 0.312 e. The zero-order valence-corrected chi connectivity index (χ0v) is 9.27. The monoisotopic (exact) mass is 229 g/mol. The van der Waals surface area contributed by atoms with Crippen molar-refractivity contribution in [3.05, 3.63) is 34.6 Å². The summed E-state index contributed by atoms with van der Waals surface area (Å²) >= 11 is 5.73. The third-order valence-electron chi connectivity index (χ3n) is 1.98. The normalized spacial score (nSPS) is 10.3. The van der Waals surface area contributed by atoms with Crippen LogP contribution in [0.15, 0.2) is 18.2 Å². The van der Waals surface area contributed by atoms with Crippen molar-refractivity contribution >= 4 is 17.4 Å². The molecule has 2 nitrogen and oxygen atoms in total. The number of benzene rings is 1. The van der Waals surface area contributed by atoms with Crippen LogP contribution in [-0.4, -0.2) is 12.3 Å². The van der Waals surface area contributed by atoms with Gasteiger partial charge in [-0.1, -0.05) is 11.6 Å². The number of nitrogens with one attached hydrogen (secondary N) is 1. The molecule has 0 aliphatic heterocycles. The first-order chi connectivity index (χ1) is 7.09. The molecule has 1 aromatic rings. The number of carbonyl (C=O) groups is 1. The van der Waals surface area contributed by atoms with E-state index in [1.54, 1.807) is 6.07 Å². The minimum Gasteiger partial charge on any atom is -0.312 e. The minimum absolute atomic E-state index is 0.120. The van der Waals surface area contributed by atoms with Crippen molar-refractivity contribution in [2.24, 2.45) is 0 Å². The maximum atomic E-state index is 13.2. The molecule has 82 valence electrons. The van der Waals surface area contributed by atoms with Gasteiger partial charge in [-0.25, -0.2) is 4.39 Å². The molecular weight excluding hydrogens is 217 g/mol. The summed E-state index contributed by atoms with van der Waals surface area (Å²) in [6, 6.07) is 4.43. The summed E-state index contributed by atoms with van der Waals surface area (Å²) in [6.45, 7) is 2.47. The Labute approximate surface area is 93.4 Å². The average molecular weight is 230 g/mol. The molecular formula is C11H13ClFNO. The van der Waals surface area contributed by atoms with Gasteiger partial charge in [0.05, 0.1) is 0 Å². The number of carbonyl (C=O) groups excluding carboxylic acids is 1. The van der Waals surface area contributed by atoms with Gasteiger partial charge in [0, 0.05) is 30.1 Å². The van der Waals surface area contributed by atoms with Crippen molar-refractivity contribution in [2.75, 3.05) is 6.54 Å². The molecule has 0 saturated carbocycles. The van der Waals surface area contributed by atoms with Crippen LogP contribution in [0, 0.1) is 5.82 Å². The Morgan fingerprint density at radius 1 is 1.53 bits per heavy atom. The fourth-order valence-electron chi connectivity index (χ4n) is 1.17. The second-order valence-electron chi connectivity index (χ2n) is 3.36. The van der Waals surface area contributed by atoms with Crippen LogP contribution in [0.1, 0.15) is 18.9 Å². The molecule has 0 atom stereocenters. The maximum Gasteiger partial charge on any atom is 0.131 e. The first-order valence-electron chi connectivity index (χ1n) is 4.73. The van der Waals surface area contributed by atoms with E-state index in [1.807, 2.05) is 0 Å². The molecule has 0 aromatic heterocycles. The topological polar surface area (TPSA) is 29.1 Å². The Kier molecular flexibility index (Phi) is 4.72. The molecule has 0 unspecified atom stereocenters. The summed E-state index contributed by atoms with van der Waals surface area (Å²) in [5.41, 5.74) is 0.519. The summed E-state index contributed by atoms with van der Waals surface area (Å²) in [5.74, 6) is -0.163. The van der Waals surface area contributed by atoms with Gasteiger partial charge >= 0.3 is 0 Å². The summed E-state index contributed by atoms with van der Waals surface area (Å²) in [7, 11) is 0. The second kappa shape index (κ2) is 5.83. The molecule has 0 amide bonds. The highest BCUT2D eigenvalue weighted by Crippen LogP contribution is 2.14. The van der Waals surface area contributed by atoms with Crippen molar-refractivity contribution in [3.8, 4) is 0 Å². The van der Waals surface area contributed by atoms with Crippen molar-refractivity contribution < 1.29 is 9.18 Å². The van der Waals surface area contributed by atoms with Gasteiger partial charge in [0.15, 0.2) is 0 Å². The number of hydrogen-bond donors (Lipinski definition) is 1. The van der Waals surface area contributed by atoms with E-state index in [0.717, 1.165) is 0 Å². The molecule has 0 fully saturated rings. The highest BCUT2D eigenvalue weighted by Gasteiger charge is 2.02. The lowest BCUT2D eigenvalue weighted by molar-refractivity contribution is -0.116. The van der Waals surface area contributed by atoms with Gasteiger partial charge in [-0.2, -0.15) is 0 Å². The first-order valence-corrected chi connectivity index (χ1v) is 5.11. The van der Waals surface area contributed by atoms with E-state index in [-0.39, 0.29) is 11.6 Å². The van der Waals surface area contributed by atoms with Crippen LogP contribution in [0.25, 0.3) is 0 Å². The average Bonchev–Trinajstić information content (AvgIpc) is 2.17. The molecule has 1 aromatic carbocycles. The van der Waals surface area contributed by atoms with E-state index in [4.69, 9.17) is 11.6 Å². The molecule has 0 bridgehead atoms. The van der Waals surface area contributed by atoms with Crippen LogP contribution in [0.5, 0.6) is 0 Å². The summed E-state index contributed by atoms with van der Waals surface area (Å²) in [5, 5.41) is 3.50. The molecule has 0 radical (unpaired) electrons. The second-order valence-corrected chi connectivity index (χ2v) is 3.80. The van der Waals surface area contributed by atoms with Crippen LogP contribution < -0.4 is 5.32 Å². The van der Waals surface area contributed by atoms with Gasteiger partial charge in [0.2, 0.25) is 0 Å². The SMILES string of the molecule is CC(=O)CCNCc1cc(Cl)ccc1F. The van der Waals surface area contributed by atoms with E-state index in [0.29, 0.717) is 30.1 Å². The van der Waals surface area contributed by atoms with Crippen LogP contribution in [0.4, 0.5) is 4.39 Å². The number of hydrogen-bond acceptors (Lipinski definition) is 2. The first kappa shape index (κ1) is 12.1. The van der Waals surface area contributed by atoms with Crippen LogP contribution in [0.3, 0.4) is 0 Å². The Balaban J connectivity index is 2.43. The third kappa shape index (κ3) is 4.40. The fourth-order valence-corrected chi connectivity index (χ4v) is 1.36. The lowest BCUT2D eigenvalue weighted by atomic mass is 10.2. The Morgan fingerprint density at radius 3 is 2.93 bits per heavy atom. The zero-order valence-electron chi connectivity index (χ0n) is 8.52. The number of Topliss-reactive ketones (excluding diaryl/α,β-unsaturated/α-hetero) is 1. The molecule has 1 rings (SSSR count). The highest BCUT2D eigenvalue weighted by atomic mass is 35.5. The van der Waals surface area contributed by atoms with Crippen molar-refractivity contribution in [1.29, 1.82) is 0 Å². The van der Waals surface area contributed by atoms with Crippen molar-refractivity contribution in [2.45, 2.75) is 19.9 Å². The van der Waals surface area contributed by atoms with Gasteiger partial charge in [0.1, 0.15) is 11.6 Å². The molecule has 0 aliphatic carbocycles. The Hall–Kier alpha value is -0.930. The number of rotatable bonds is 5. The van der Waals surface area contributed by atoms with E-state index in [1.165, 1.54) is 19.1 Å². The molecule has 1 N–H and O–H groups in total. The van der Waals surface area contributed by atoms with E-state index in [9.17, 15) is 9.18 Å². The predicted molar refractivity (Wildman–Crippen MR) is 58.4 cm³/mol.